The average molecular weight is 387 g/mol. The normalized spacial score (nSPS) is 52.5. The lowest BCUT2D eigenvalue weighted by Crippen LogP contribution is -2.56. The van der Waals surface area contributed by atoms with Gasteiger partial charge in [0.05, 0.1) is 18.6 Å². The number of terminal acetylenes is 1. The van der Waals surface area contributed by atoms with Crippen molar-refractivity contribution in [3.05, 3.63) is 11.6 Å². The van der Waals surface area contributed by atoms with E-state index < -0.39 is 16.6 Å². The van der Waals surface area contributed by atoms with Crippen LogP contribution in [0.1, 0.15) is 65.7 Å². The molecule has 4 rings (SSSR count). The molecule has 154 valence electrons. The minimum atomic E-state index is -1.12. The summed E-state index contributed by atoms with van der Waals surface area (Å²) in [6.45, 7) is 6.35. The molecule has 0 radical (unpaired) electrons. The third-order valence-corrected chi connectivity index (χ3v) is 9.26. The van der Waals surface area contributed by atoms with Crippen LogP contribution in [0.2, 0.25) is 0 Å². The summed E-state index contributed by atoms with van der Waals surface area (Å²) in [6.07, 6.45) is 13.4. The first kappa shape index (κ1) is 20.0. The average Bonchev–Trinajstić information content (AvgIpc) is 2.93. The Morgan fingerprint density at radius 2 is 1.96 bits per heavy atom. The fraction of sp³-hybridized carbons (Fsp3) is 0.792. The summed E-state index contributed by atoms with van der Waals surface area (Å²) in [6, 6.07) is 0. The molecule has 3 saturated carbocycles. The Balaban J connectivity index is 1.82. The van der Waals surface area contributed by atoms with E-state index in [0.717, 1.165) is 38.5 Å². The van der Waals surface area contributed by atoms with Gasteiger partial charge in [0.1, 0.15) is 5.60 Å². The van der Waals surface area contributed by atoms with Crippen LogP contribution < -0.4 is 0 Å². The lowest BCUT2D eigenvalue weighted by Gasteiger charge is -2.59. The van der Waals surface area contributed by atoms with Gasteiger partial charge < -0.3 is 14.9 Å². The maximum Gasteiger partial charge on any atom is 0.309 e. The van der Waals surface area contributed by atoms with Gasteiger partial charge in [0.2, 0.25) is 0 Å². The predicted octanol–water partition coefficient (Wildman–Crippen LogP) is 3.46. The van der Waals surface area contributed by atoms with Crippen LogP contribution in [-0.2, 0) is 9.53 Å². The van der Waals surface area contributed by atoms with Gasteiger partial charge in [-0.3, -0.25) is 4.79 Å². The van der Waals surface area contributed by atoms with E-state index in [1.165, 1.54) is 12.7 Å². The third kappa shape index (κ3) is 2.48. The maximum atomic E-state index is 12.9. The fourth-order valence-electron chi connectivity index (χ4n) is 7.36. The van der Waals surface area contributed by atoms with Crippen LogP contribution in [0.15, 0.2) is 11.6 Å². The van der Waals surface area contributed by atoms with Crippen molar-refractivity contribution in [1.82, 2.24) is 0 Å². The number of fused-ring (bicyclic) bond motifs is 5. The van der Waals surface area contributed by atoms with E-state index in [2.05, 4.69) is 25.8 Å². The topological polar surface area (TPSA) is 66.8 Å². The minimum Gasteiger partial charge on any atom is -0.469 e. The van der Waals surface area contributed by atoms with Gasteiger partial charge in [-0.15, -0.1) is 6.42 Å². The molecule has 0 amide bonds. The number of hydrogen-bond donors (Lipinski definition) is 2. The lowest BCUT2D eigenvalue weighted by molar-refractivity contribution is -0.156. The summed E-state index contributed by atoms with van der Waals surface area (Å²) in [5, 5.41) is 21.9. The third-order valence-electron chi connectivity index (χ3n) is 9.26. The lowest BCUT2D eigenvalue weighted by atomic mass is 9.45. The highest BCUT2D eigenvalue weighted by Gasteiger charge is 2.65. The smallest absolute Gasteiger partial charge is 0.309 e. The molecule has 4 aliphatic carbocycles. The second-order valence-electron chi connectivity index (χ2n) is 10.6. The first-order chi connectivity index (χ1) is 13.0. The van der Waals surface area contributed by atoms with Crippen molar-refractivity contribution in [1.29, 1.82) is 0 Å². The largest absolute Gasteiger partial charge is 0.469 e. The molecule has 0 spiro atoms. The Morgan fingerprint density at radius 3 is 2.61 bits per heavy atom. The molecular formula is C24H34O4. The number of rotatable bonds is 1. The number of ether oxygens (including phenoxy) is 1. The van der Waals surface area contributed by atoms with Crippen molar-refractivity contribution < 1.29 is 19.7 Å². The molecule has 0 heterocycles. The zero-order chi connectivity index (χ0) is 20.5. The summed E-state index contributed by atoms with van der Waals surface area (Å²) in [5.41, 5.74) is -0.841. The van der Waals surface area contributed by atoms with Crippen LogP contribution in [0.25, 0.3) is 0 Å². The SMILES string of the molecule is C#CC1(O)CCC2C3C(=CCC21C)C1(C)CCC(C)(O)CC1CC3C(=O)OC. The van der Waals surface area contributed by atoms with Gasteiger partial charge in [-0.05, 0) is 75.0 Å². The standard InChI is InChI=1S/C24H34O4/c1-6-24(27)10-8-18-19-16(20(25)28-5)13-15-14-21(2,26)11-12-22(15,3)17(19)7-9-23(18,24)4/h1,7,15-16,18-19,26-27H,8-14H2,2-5H3. The highest BCUT2D eigenvalue weighted by Crippen LogP contribution is 2.68. The molecule has 0 saturated heterocycles. The van der Waals surface area contributed by atoms with Crippen molar-refractivity contribution >= 4 is 5.97 Å². The monoisotopic (exact) mass is 386 g/mol. The molecule has 4 aliphatic rings. The molecule has 2 N–H and O–H groups in total. The van der Waals surface area contributed by atoms with Crippen LogP contribution in [0.3, 0.4) is 0 Å². The van der Waals surface area contributed by atoms with Crippen molar-refractivity contribution in [3.8, 4) is 12.3 Å². The molecule has 0 aromatic rings. The van der Waals surface area contributed by atoms with Crippen LogP contribution in [0.4, 0.5) is 0 Å². The zero-order valence-corrected chi connectivity index (χ0v) is 17.6. The van der Waals surface area contributed by atoms with Gasteiger partial charge in [0.25, 0.3) is 0 Å². The summed E-state index contributed by atoms with van der Waals surface area (Å²) in [7, 11) is 1.46. The molecule has 8 atom stereocenters. The summed E-state index contributed by atoms with van der Waals surface area (Å²) in [5.74, 6) is 2.81. The second kappa shape index (κ2) is 6.09. The summed E-state index contributed by atoms with van der Waals surface area (Å²) in [4.78, 5) is 12.9. The Morgan fingerprint density at radius 1 is 1.25 bits per heavy atom. The number of esters is 1. The van der Waals surface area contributed by atoms with Crippen molar-refractivity contribution in [3.63, 3.8) is 0 Å². The molecule has 3 fully saturated rings. The Hall–Kier alpha value is -1.31. The Labute approximate surface area is 168 Å². The van der Waals surface area contributed by atoms with Crippen LogP contribution in [-0.4, -0.2) is 34.5 Å². The van der Waals surface area contributed by atoms with Crippen LogP contribution >= 0.6 is 0 Å². The summed E-state index contributed by atoms with van der Waals surface area (Å²) < 4.78 is 5.23. The van der Waals surface area contributed by atoms with Crippen molar-refractivity contribution in [2.75, 3.05) is 7.11 Å². The molecule has 4 heteroatoms. The van der Waals surface area contributed by atoms with E-state index in [9.17, 15) is 15.0 Å². The molecule has 0 bridgehead atoms. The van der Waals surface area contributed by atoms with Gasteiger partial charge in [-0.25, -0.2) is 0 Å². The number of methoxy groups -OCH3 is 1. The number of carbonyl (C=O) groups excluding carboxylic acids is 1. The van der Waals surface area contributed by atoms with Crippen molar-refractivity contribution in [2.24, 2.45) is 34.5 Å². The highest BCUT2D eigenvalue weighted by atomic mass is 16.5. The fourth-order valence-corrected chi connectivity index (χ4v) is 7.36. The molecule has 28 heavy (non-hydrogen) atoms. The molecule has 0 aromatic heterocycles. The van der Waals surface area contributed by atoms with E-state index in [-0.39, 0.29) is 35.1 Å². The van der Waals surface area contributed by atoms with E-state index in [1.54, 1.807) is 0 Å². The number of allylic oxidation sites excluding steroid dienone is 2. The molecule has 0 aliphatic heterocycles. The van der Waals surface area contributed by atoms with Crippen molar-refractivity contribution in [2.45, 2.75) is 76.9 Å². The number of hydrogen-bond acceptors (Lipinski definition) is 4. The van der Waals surface area contributed by atoms with Crippen LogP contribution in [0.5, 0.6) is 0 Å². The van der Waals surface area contributed by atoms with E-state index >= 15 is 0 Å². The highest BCUT2D eigenvalue weighted by molar-refractivity contribution is 5.74. The van der Waals surface area contributed by atoms with Gasteiger partial charge in [-0.2, -0.15) is 0 Å². The second-order valence-corrected chi connectivity index (χ2v) is 10.6. The number of carbonyl (C=O) groups is 1. The van der Waals surface area contributed by atoms with E-state index in [1.807, 2.05) is 6.92 Å². The molecule has 4 nitrogen and oxygen atoms in total. The van der Waals surface area contributed by atoms with Gasteiger partial charge in [-0.1, -0.05) is 31.4 Å². The zero-order valence-electron chi connectivity index (χ0n) is 17.6. The quantitative estimate of drug-likeness (QED) is 0.411. The molecule has 8 unspecified atom stereocenters. The van der Waals surface area contributed by atoms with Gasteiger partial charge in [0.15, 0.2) is 0 Å². The minimum absolute atomic E-state index is 0.00436. The van der Waals surface area contributed by atoms with Gasteiger partial charge in [0, 0.05) is 5.41 Å². The number of aliphatic hydroxyl groups is 2. The molecular weight excluding hydrogens is 352 g/mol. The molecule has 0 aromatic carbocycles. The first-order valence-electron chi connectivity index (χ1n) is 10.7. The Bertz CT molecular complexity index is 761. The van der Waals surface area contributed by atoms with E-state index in [0.29, 0.717) is 6.42 Å². The Kier molecular flexibility index (Phi) is 4.35. The van der Waals surface area contributed by atoms with Crippen LogP contribution in [0, 0.1) is 46.8 Å². The first-order valence-corrected chi connectivity index (χ1v) is 10.7. The predicted molar refractivity (Wildman–Crippen MR) is 107 cm³/mol. The van der Waals surface area contributed by atoms with Gasteiger partial charge >= 0.3 is 5.97 Å². The summed E-state index contributed by atoms with van der Waals surface area (Å²) >= 11 is 0. The van der Waals surface area contributed by atoms with E-state index in [4.69, 9.17) is 11.2 Å². The maximum absolute atomic E-state index is 12.9.